The molecule has 0 spiro atoms. The van der Waals surface area contributed by atoms with Crippen molar-refractivity contribution in [2.45, 2.75) is 61.1 Å². The maximum atomic E-state index is 14.1. The molecule has 38 heavy (non-hydrogen) atoms. The fourth-order valence-corrected chi connectivity index (χ4v) is 4.42. The zero-order chi connectivity index (χ0) is 28.5. The molecule has 0 bridgehead atoms. The van der Waals surface area contributed by atoms with Crippen LogP contribution >= 0.6 is 0 Å². The lowest BCUT2D eigenvalue weighted by Gasteiger charge is -2.30. The Labute approximate surface area is 215 Å². The Morgan fingerprint density at radius 2 is 1.47 bits per heavy atom. The quantitative estimate of drug-likeness (QED) is 0.416. The van der Waals surface area contributed by atoms with E-state index in [2.05, 4.69) is 10.6 Å². The van der Waals surface area contributed by atoms with Gasteiger partial charge in [0.2, 0.25) is 5.91 Å². The third-order valence-electron chi connectivity index (χ3n) is 6.35. The van der Waals surface area contributed by atoms with Crippen molar-refractivity contribution in [1.29, 1.82) is 5.26 Å². The van der Waals surface area contributed by atoms with E-state index in [4.69, 9.17) is 0 Å². The monoisotopic (exact) mass is 561 g/mol. The van der Waals surface area contributed by atoms with Gasteiger partial charge in [0.25, 0.3) is 0 Å². The number of sulfone groups is 1. The van der Waals surface area contributed by atoms with E-state index in [1.807, 2.05) is 6.07 Å². The summed E-state index contributed by atoms with van der Waals surface area (Å²) in [5.41, 5.74) is -0.615. The molecule has 1 saturated carbocycles. The Morgan fingerprint density at radius 1 is 0.974 bits per heavy atom. The van der Waals surface area contributed by atoms with E-state index in [0.717, 1.165) is 25.3 Å². The minimum atomic E-state index is -4.97. The van der Waals surface area contributed by atoms with Crippen LogP contribution in [0.25, 0.3) is 11.1 Å². The number of carbonyl (C=O) groups is 1. The van der Waals surface area contributed by atoms with Gasteiger partial charge in [0.1, 0.15) is 11.6 Å². The van der Waals surface area contributed by atoms with Crippen molar-refractivity contribution < 1.29 is 39.6 Å². The first-order valence-corrected chi connectivity index (χ1v) is 13.4. The highest BCUT2D eigenvalue weighted by Crippen LogP contribution is 2.38. The number of nitrogens with zero attached hydrogens (tertiary/aromatic N) is 1. The summed E-state index contributed by atoms with van der Waals surface area (Å²) in [6.45, 7) is 0.769. The van der Waals surface area contributed by atoms with Crippen LogP contribution in [-0.4, -0.2) is 44.5 Å². The first-order valence-electron chi connectivity index (χ1n) is 11.5. The van der Waals surface area contributed by atoms with Crippen LogP contribution < -0.4 is 10.6 Å². The van der Waals surface area contributed by atoms with E-state index in [1.165, 1.54) is 36.4 Å². The number of amides is 1. The summed E-state index contributed by atoms with van der Waals surface area (Å²) in [6, 6.07) is 8.15. The van der Waals surface area contributed by atoms with Gasteiger partial charge in [0.15, 0.2) is 9.84 Å². The van der Waals surface area contributed by atoms with Gasteiger partial charge in [-0.1, -0.05) is 43.3 Å². The number of hydrogen-bond donors (Lipinski definition) is 2. The molecule has 2 aromatic carbocycles. The molecule has 3 atom stereocenters. The van der Waals surface area contributed by atoms with E-state index in [9.17, 15) is 44.8 Å². The number of nitrogens with one attached hydrogen (secondary N) is 2. The fraction of sp³-hybridized carbons (Fsp3) is 0.440. The summed E-state index contributed by atoms with van der Waals surface area (Å²) in [4.78, 5) is 12.8. The first-order chi connectivity index (χ1) is 17.4. The largest absolute Gasteiger partial charge is 0.407 e. The molecule has 1 aliphatic carbocycles. The maximum absolute atomic E-state index is 14.1. The van der Waals surface area contributed by atoms with E-state index in [-0.39, 0.29) is 23.3 Å². The van der Waals surface area contributed by atoms with Gasteiger partial charge in [-0.15, -0.1) is 0 Å². The molecule has 206 valence electrons. The molecule has 1 fully saturated rings. The molecule has 2 N–H and O–H groups in total. The number of nitriles is 1. The van der Waals surface area contributed by atoms with Crippen LogP contribution in [0.2, 0.25) is 0 Å². The molecule has 13 heteroatoms. The van der Waals surface area contributed by atoms with Gasteiger partial charge in [0.05, 0.1) is 22.9 Å². The van der Waals surface area contributed by atoms with Gasteiger partial charge in [-0.3, -0.25) is 10.1 Å². The normalized spacial score (nSPS) is 17.7. The molecule has 1 unspecified atom stereocenters. The fourth-order valence-electron chi connectivity index (χ4n) is 3.79. The molecular formula is C25H25F6N3O3S. The number of halogens is 6. The predicted molar refractivity (Wildman–Crippen MR) is 126 cm³/mol. The second-order valence-corrected chi connectivity index (χ2v) is 11.5. The van der Waals surface area contributed by atoms with E-state index in [1.54, 1.807) is 0 Å². The lowest BCUT2D eigenvalue weighted by molar-refractivity contribution is -0.177. The number of benzene rings is 2. The molecule has 6 nitrogen and oxygen atoms in total. The zero-order valence-corrected chi connectivity index (χ0v) is 21.1. The molecule has 0 radical (unpaired) electrons. The minimum Gasteiger partial charge on any atom is -0.336 e. The molecule has 1 amide bonds. The van der Waals surface area contributed by atoms with Crippen LogP contribution in [0.1, 0.15) is 37.8 Å². The smallest absolute Gasteiger partial charge is 0.336 e. The molecular weight excluding hydrogens is 536 g/mol. The van der Waals surface area contributed by atoms with Gasteiger partial charge in [-0.05, 0) is 48.1 Å². The van der Waals surface area contributed by atoms with Gasteiger partial charge >= 0.3 is 12.4 Å². The third kappa shape index (κ3) is 7.26. The molecule has 2 aromatic rings. The van der Waals surface area contributed by atoms with E-state index >= 15 is 0 Å². The summed E-state index contributed by atoms with van der Waals surface area (Å²) in [5.74, 6) is -3.20. The van der Waals surface area contributed by atoms with Crippen molar-refractivity contribution in [1.82, 2.24) is 10.6 Å². The highest BCUT2D eigenvalue weighted by atomic mass is 32.2. The Hall–Kier alpha value is -3.11. The molecule has 0 saturated heterocycles. The second-order valence-electron chi connectivity index (χ2n) is 9.47. The summed E-state index contributed by atoms with van der Waals surface area (Å²) < 4.78 is 105. The highest BCUT2D eigenvalue weighted by molar-refractivity contribution is 7.90. The minimum absolute atomic E-state index is 0.0704. The summed E-state index contributed by atoms with van der Waals surface area (Å²) in [6.07, 6.45) is -9.12. The highest BCUT2D eigenvalue weighted by Gasteiger charge is 2.49. The average molecular weight is 562 g/mol. The molecule has 1 aliphatic rings. The van der Waals surface area contributed by atoms with Crippen LogP contribution in [0.5, 0.6) is 0 Å². The summed E-state index contributed by atoms with van der Waals surface area (Å²) >= 11 is 0. The Bertz CT molecular complexity index is 1300. The van der Waals surface area contributed by atoms with E-state index in [0.29, 0.717) is 11.1 Å². The number of carbonyl (C=O) groups excluding carboxylic acids is 1. The molecule has 3 rings (SSSR count). The van der Waals surface area contributed by atoms with Crippen molar-refractivity contribution in [3.05, 3.63) is 54.1 Å². The van der Waals surface area contributed by atoms with Gasteiger partial charge in [-0.2, -0.15) is 31.6 Å². The number of alkyl halides is 6. The Balaban J connectivity index is 1.88. The lowest BCUT2D eigenvalue weighted by atomic mass is 9.96. The van der Waals surface area contributed by atoms with Gasteiger partial charge in [0, 0.05) is 6.26 Å². The van der Waals surface area contributed by atoms with Crippen LogP contribution in [0, 0.1) is 17.2 Å². The SMILES string of the molecule is CC(C[C@H](N[C@@H](c1ccc(-c2ccc(S(C)(=O)=O)cc2)cc1)C(F)(F)F)C(=O)NC1(C#N)CC1)C(F)(F)F. The average Bonchev–Trinajstić information content (AvgIpc) is 3.59. The Kier molecular flexibility index (Phi) is 8.19. The van der Waals surface area contributed by atoms with Crippen molar-refractivity contribution in [3.8, 4) is 17.2 Å². The Morgan fingerprint density at radius 3 is 1.87 bits per heavy atom. The zero-order valence-electron chi connectivity index (χ0n) is 20.3. The van der Waals surface area contributed by atoms with Crippen LogP contribution in [0.4, 0.5) is 26.3 Å². The molecule has 0 aliphatic heterocycles. The van der Waals surface area contributed by atoms with Crippen molar-refractivity contribution in [2.75, 3.05) is 6.26 Å². The first kappa shape index (κ1) is 29.4. The van der Waals surface area contributed by atoms with Crippen molar-refractivity contribution >= 4 is 15.7 Å². The molecule has 0 heterocycles. The van der Waals surface area contributed by atoms with E-state index < -0.39 is 58.1 Å². The standard InChI is InChI=1S/C25H25F6N3O3S/c1-15(24(26,27)28)13-20(22(35)34-23(14-32)11-12-23)33-21(25(29,30)31)18-5-3-16(4-6-18)17-7-9-19(10-8-17)38(2,36)37/h3-10,15,20-21,33H,11-13H2,1-2H3,(H,34,35)/t15?,20-,21-/m0/s1. The summed E-state index contributed by atoms with van der Waals surface area (Å²) in [7, 11) is -3.44. The third-order valence-corrected chi connectivity index (χ3v) is 7.47. The van der Waals surface area contributed by atoms with Gasteiger partial charge in [-0.25, -0.2) is 8.42 Å². The van der Waals surface area contributed by atoms with Crippen LogP contribution in [0.15, 0.2) is 53.4 Å². The van der Waals surface area contributed by atoms with Crippen LogP contribution in [0.3, 0.4) is 0 Å². The van der Waals surface area contributed by atoms with Crippen molar-refractivity contribution in [3.63, 3.8) is 0 Å². The topological polar surface area (TPSA) is 99.1 Å². The predicted octanol–water partition coefficient (Wildman–Crippen LogP) is 5.08. The molecule has 0 aromatic heterocycles. The number of hydrogen-bond acceptors (Lipinski definition) is 5. The summed E-state index contributed by atoms with van der Waals surface area (Å²) in [5, 5.41) is 13.5. The van der Waals surface area contributed by atoms with Crippen LogP contribution in [-0.2, 0) is 14.6 Å². The second kappa shape index (κ2) is 10.6. The number of rotatable bonds is 9. The van der Waals surface area contributed by atoms with Crippen molar-refractivity contribution in [2.24, 2.45) is 5.92 Å². The maximum Gasteiger partial charge on any atom is 0.407 e. The van der Waals surface area contributed by atoms with Gasteiger partial charge < -0.3 is 5.32 Å². The lowest BCUT2D eigenvalue weighted by Crippen LogP contribution is -2.52.